The Balaban J connectivity index is 1.25. The van der Waals surface area contributed by atoms with E-state index in [1.54, 1.807) is 36.5 Å². The van der Waals surface area contributed by atoms with Crippen LogP contribution in [-0.2, 0) is 6.18 Å². The van der Waals surface area contributed by atoms with Gasteiger partial charge in [-0.15, -0.1) is 0 Å². The van der Waals surface area contributed by atoms with Gasteiger partial charge in [-0.25, -0.2) is 4.98 Å². The van der Waals surface area contributed by atoms with Gasteiger partial charge in [0.25, 0.3) is 6.01 Å². The van der Waals surface area contributed by atoms with Crippen LogP contribution >= 0.6 is 0 Å². The number of hydrogen-bond donors (Lipinski definition) is 2. The molecular weight excluding hydrogens is 505 g/mol. The molecule has 2 heterocycles. The molecule has 0 bridgehead atoms. The van der Waals surface area contributed by atoms with Crippen molar-refractivity contribution >= 4 is 17.6 Å². The van der Waals surface area contributed by atoms with Crippen LogP contribution in [0.15, 0.2) is 59.1 Å². The zero-order valence-electron chi connectivity index (χ0n) is 22.1. The van der Waals surface area contributed by atoms with E-state index in [-0.39, 0.29) is 11.5 Å². The van der Waals surface area contributed by atoms with Gasteiger partial charge in [-0.2, -0.15) is 13.2 Å². The van der Waals surface area contributed by atoms with Crippen LogP contribution in [0.4, 0.5) is 24.9 Å². The Morgan fingerprint density at radius 2 is 1.92 bits per heavy atom. The predicted octanol–water partition coefficient (Wildman–Crippen LogP) is 7.13. The fourth-order valence-corrected chi connectivity index (χ4v) is 6.30. The van der Waals surface area contributed by atoms with Crippen LogP contribution in [0, 0.1) is 11.3 Å². The Bertz CT molecular complexity index is 1290. The summed E-state index contributed by atoms with van der Waals surface area (Å²) in [6, 6.07) is 13.2. The lowest BCUT2D eigenvalue weighted by Crippen LogP contribution is -2.45. The molecule has 3 N–H and O–H groups in total. The normalized spacial score (nSPS) is 23.9. The number of carbonyl (C=O) groups is 1. The maximum atomic E-state index is 13.0. The molecule has 0 unspecified atom stereocenters. The van der Waals surface area contributed by atoms with E-state index in [0.29, 0.717) is 23.3 Å². The average Bonchev–Trinajstić information content (AvgIpc) is 3.38. The van der Waals surface area contributed by atoms with Gasteiger partial charge in [0.1, 0.15) is 0 Å². The summed E-state index contributed by atoms with van der Waals surface area (Å²) in [5, 5.41) is 3.54. The van der Waals surface area contributed by atoms with E-state index in [2.05, 4.69) is 22.1 Å². The van der Waals surface area contributed by atoms with Crippen LogP contribution in [0.5, 0.6) is 0 Å². The van der Waals surface area contributed by atoms with E-state index < -0.39 is 17.6 Å². The summed E-state index contributed by atoms with van der Waals surface area (Å²) in [4.78, 5) is 18.2. The summed E-state index contributed by atoms with van der Waals surface area (Å²) in [5.74, 6) is 0.511. The lowest BCUT2D eigenvalue weighted by molar-refractivity contribution is -0.137. The van der Waals surface area contributed by atoms with Crippen molar-refractivity contribution in [1.29, 1.82) is 0 Å². The third-order valence-corrected chi connectivity index (χ3v) is 8.25. The molecule has 2 aromatic carbocycles. The van der Waals surface area contributed by atoms with Gasteiger partial charge in [0.05, 0.1) is 11.8 Å². The van der Waals surface area contributed by atoms with Gasteiger partial charge >= 0.3 is 6.18 Å². The SMILES string of the molecule is C[C@]1(C[C@@H]2CCCC[C@H]2Nc2ncc(-c3cccc(C(N)=O)c3)o2)CCCN(c2ccc(C(F)(F)F)cc2)C1. The molecule has 2 aliphatic rings. The lowest BCUT2D eigenvalue weighted by atomic mass is 9.70. The molecule has 0 spiro atoms. The summed E-state index contributed by atoms with van der Waals surface area (Å²) >= 11 is 0. The Labute approximate surface area is 226 Å². The van der Waals surface area contributed by atoms with E-state index in [0.717, 1.165) is 62.9 Å². The number of halogens is 3. The Morgan fingerprint density at radius 1 is 1.15 bits per heavy atom. The number of amides is 1. The summed E-state index contributed by atoms with van der Waals surface area (Å²) < 4.78 is 45.1. The van der Waals surface area contributed by atoms with Gasteiger partial charge in [-0.05, 0) is 79.8 Å². The van der Waals surface area contributed by atoms with Crippen molar-refractivity contribution in [2.75, 3.05) is 23.3 Å². The van der Waals surface area contributed by atoms with Crippen molar-refractivity contribution in [3.63, 3.8) is 0 Å². The first-order chi connectivity index (χ1) is 18.6. The highest BCUT2D eigenvalue weighted by atomic mass is 19.4. The minimum absolute atomic E-state index is 0.0554. The first-order valence-corrected chi connectivity index (χ1v) is 13.6. The van der Waals surface area contributed by atoms with E-state index in [4.69, 9.17) is 10.2 Å². The largest absolute Gasteiger partial charge is 0.424 e. The highest BCUT2D eigenvalue weighted by Crippen LogP contribution is 2.42. The average molecular weight is 541 g/mol. The van der Waals surface area contributed by atoms with Gasteiger partial charge in [0.15, 0.2) is 5.76 Å². The second-order valence-corrected chi connectivity index (χ2v) is 11.4. The van der Waals surface area contributed by atoms with Crippen molar-refractivity contribution in [3.8, 4) is 11.3 Å². The van der Waals surface area contributed by atoms with Gasteiger partial charge < -0.3 is 20.4 Å². The monoisotopic (exact) mass is 540 g/mol. The van der Waals surface area contributed by atoms with E-state index in [9.17, 15) is 18.0 Å². The highest BCUT2D eigenvalue weighted by Gasteiger charge is 2.37. The molecule has 208 valence electrons. The molecule has 9 heteroatoms. The molecule has 39 heavy (non-hydrogen) atoms. The standard InChI is InChI=1S/C30H35F3N4O2/c1-29(14-5-15-37(19-29)24-12-10-23(11-13-24)30(31,32)33)17-22-6-2-3-9-25(22)36-28-35-18-26(39-28)20-7-4-8-21(16-20)27(34)38/h4,7-8,10-13,16,18,22,25H,2-3,5-6,9,14-15,17,19H2,1H3,(H2,34,38)(H,35,36)/t22-,25+,29+/m0/s1. The molecule has 2 fully saturated rings. The third-order valence-electron chi connectivity index (χ3n) is 8.25. The molecule has 1 amide bonds. The molecule has 6 nitrogen and oxygen atoms in total. The van der Waals surface area contributed by atoms with Crippen LogP contribution in [-0.4, -0.2) is 30.0 Å². The molecule has 3 atom stereocenters. The Kier molecular flexibility index (Phi) is 7.60. The second-order valence-electron chi connectivity index (χ2n) is 11.4. The van der Waals surface area contributed by atoms with E-state index >= 15 is 0 Å². The number of aromatic nitrogens is 1. The van der Waals surface area contributed by atoms with Gasteiger partial charge in [-0.3, -0.25) is 4.79 Å². The quantitative estimate of drug-likeness (QED) is 0.333. The minimum atomic E-state index is -4.32. The Hall–Kier alpha value is -3.49. The van der Waals surface area contributed by atoms with Crippen LogP contribution in [0.1, 0.15) is 67.8 Å². The van der Waals surface area contributed by atoms with Crippen molar-refractivity contribution in [3.05, 3.63) is 65.9 Å². The number of oxazole rings is 1. The first-order valence-electron chi connectivity index (χ1n) is 13.6. The van der Waals surface area contributed by atoms with Crippen molar-refractivity contribution in [2.45, 2.75) is 64.1 Å². The molecule has 3 aromatic rings. The number of piperidine rings is 1. The molecule has 0 radical (unpaired) electrons. The summed E-state index contributed by atoms with van der Waals surface area (Å²) in [6.07, 6.45) is 4.91. The molecule has 1 saturated carbocycles. The van der Waals surface area contributed by atoms with Gasteiger partial charge in [0.2, 0.25) is 5.91 Å². The maximum Gasteiger partial charge on any atom is 0.416 e. The number of alkyl halides is 3. The summed E-state index contributed by atoms with van der Waals surface area (Å²) in [5.41, 5.74) is 6.86. The molecule has 1 aromatic heterocycles. The van der Waals surface area contributed by atoms with Crippen LogP contribution in [0.3, 0.4) is 0 Å². The smallest absolute Gasteiger partial charge is 0.416 e. The van der Waals surface area contributed by atoms with Crippen molar-refractivity contribution in [1.82, 2.24) is 4.98 Å². The van der Waals surface area contributed by atoms with Crippen molar-refractivity contribution < 1.29 is 22.4 Å². The fraction of sp³-hybridized carbons (Fsp3) is 0.467. The number of nitrogens with two attached hydrogens (primary N) is 1. The molecule has 5 rings (SSSR count). The number of rotatable bonds is 7. The zero-order valence-corrected chi connectivity index (χ0v) is 22.1. The van der Waals surface area contributed by atoms with E-state index in [1.807, 2.05) is 6.07 Å². The lowest BCUT2D eigenvalue weighted by Gasteiger charge is -2.45. The van der Waals surface area contributed by atoms with Crippen molar-refractivity contribution in [2.24, 2.45) is 17.1 Å². The number of nitrogens with zero attached hydrogens (tertiary/aromatic N) is 2. The minimum Gasteiger partial charge on any atom is -0.424 e. The molecular formula is C30H35F3N4O2. The number of benzene rings is 2. The molecule has 1 saturated heterocycles. The number of carbonyl (C=O) groups excluding carboxylic acids is 1. The summed E-state index contributed by atoms with van der Waals surface area (Å²) in [7, 11) is 0. The highest BCUT2D eigenvalue weighted by molar-refractivity contribution is 5.93. The number of nitrogens with one attached hydrogen (secondary N) is 1. The van der Waals surface area contributed by atoms with Crippen LogP contribution < -0.4 is 16.0 Å². The predicted molar refractivity (Wildman–Crippen MR) is 145 cm³/mol. The molecule has 1 aliphatic heterocycles. The molecule has 1 aliphatic carbocycles. The fourth-order valence-electron chi connectivity index (χ4n) is 6.30. The number of hydrogen-bond acceptors (Lipinski definition) is 5. The maximum absolute atomic E-state index is 13.0. The van der Waals surface area contributed by atoms with Gasteiger partial charge in [0, 0.05) is 35.9 Å². The Morgan fingerprint density at radius 3 is 2.67 bits per heavy atom. The van der Waals surface area contributed by atoms with E-state index in [1.165, 1.54) is 18.6 Å². The number of primary amides is 1. The number of anilines is 2. The van der Waals surface area contributed by atoms with Crippen LogP contribution in [0.25, 0.3) is 11.3 Å². The third kappa shape index (κ3) is 6.40. The topological polar surface area (TPSA) is 84.4 Å². The summed E-state index contributed by atoms with van der Waals surface area (Å²) in [6.45, 7) is 3.98. The first kappa shape index (κ1) is 27.1. The second kappa shape index (κ2) is 10.9. The zero-order chi connectivity index (χ0) is 27.6. The van der Waals surface area contributed by atoms with Gasteiger partial charge in [-0.1, -0.05) is 31.9 Å². The van der Waals surface area contributed by atoms with Crippen LogP contribution in [0.2, 0.25) is 0 Å².